The Morgan fingerprint density at radius 1 is 1.42 bits per heavy atom. The van der Waals surface area contributed by atoms with Gasteiger partial charge in [-0.1, -0.05) is 0 Å². The summed E-state index contributed by atoms with van der Waals surface area (Å²) in [6.45, 7) is 2.99. The van der Waals surface area contributed by atoms with Crippen LogP contribution in [0.25, 0.3) is 0 Å². The van der Waals surface area contributed by atoms with E-state index in [1.54, 1.807) is 7.11 Å². The van der Waals surface area contributed by atoms with E-state index in [-0.39, 0.29) is 0 Å². The van der Waals surface area contributed by atoms with Gasteiger partial charge in [-0.05, 0) is 45.6 Å². The van der Waals surface area contributed by atoms with Crippen LogP contribution in [0.3, 0.4) is 0 Å². The molecule has 5 heteroatoms. The Kier molecular flexibility index (Phi) is 3.31. The van der Waals surface area contributed by atoms with Crippen LogP contribution in [-0.4, -0.2) is 35.2 Å². The minimum absolute atomic E-state index is 0.405. The van der Waals surface area contributed by atoms with Gasteiger partial charge in [0.2, 0.25) is 5.88 Å². The molecule has 1 saturated carbocycles. The van der Waals surface area contributed by atoms with Gasteiger partial charge in [0.1, 0.15) is 11.6 Å². The van der Waals surface area contributed by atoms with Crippen molar-refractivity contribution in [3.05, 3.63) is 11.9 Å². The maximum Gasteiger partial charge on any atom is 0.218 e. The highest BCUT2D eigenvalue weighted by atomic mass is 16.5. The van der Waals surface area contributed by atoms with Gasteiger partial charge in [-0.2, -0.15) is 4.98 Å². The van der Waals surface area contributed by atoms with E-state index >= 15 is 0 Å². The highest BCUT2D eigenvalue weighted by Crippen LogP contribution is 2.38. The maximum absolute atomic E-state index is 5.19. The van der Waals surface area contributed by atoms with Gasteiger partial charge in [0.05, 0.1) is 7.11 Å². The van der Waals surface area contributed by atoms with Crippen LogP contribution in [0.15, 0.2) is 6.07 Å². The van der Waals surface area contributed by atoms with Crippen LogP contribution in [0, 0.1) is 6.92 Å². The molecule has 3 rings (SSSR count). The van der Waals surface area contributed by atoms with Crippen LogP contribution in [-0.2, 0) is 0 Å². The Bertz CT molecular complexity index is 459. The quantitative estimate of drug-likeness (QED) is 0.871. The van der Waals surface area contributed by atoms with E-state index < -0.39 is 0 Å². The molecule has 19 heavy (non-hydrogen) atoms. The third kappa shape index (κ3) is 2.66. The molecule has 2 heterocycles. The maximum atomic E-state index is 5.19. The second-order valence-corrected chi connectivity index (χ2v) is 5.74. The van der Waals surface area contributed by atoms with Crippen LogP contribution in [0.1, 0.15) is 37.9 Å². The first-order valence-corrected chi connectivity index (χ1v) is 7.10. The predicted octanol–water partition coefficient (Wildman–Crippen LogP) is 1.88. The van der Waals surface area contributed by atoms with Crippen molar-refractivity contribution in [1.82, 2.24) is 15.3 Å². The molecule has 2 fully saturated rings. The molecule has 1 atom stereocenters. The summed E-state index contributed by atoms with van der Waals surface area (Å²) in [5.74, 6) is 2.25. The molecule has 1 aromatic heterocycles. The number of aryl methyl sites for hydroxylation is 1. The van der Waals surface area contributed by atoms with Crippen LogP contribution in [0.5, 0.6) is 5.88 Å². The number of methoxy groups -OCH3 is 1. The third-order valence-electron chi connectivity index (χ3n) is 4.32. The number of rotatable bonds is 3. The molecule has 1 aliphatic carbocycles. The monoisotopic (exact) mass is 262 g/mol. The fraction of sp³-hybridized carbons (Fsp3) is 0.714. The lowest BCUT2D eigenvalue weighted by Crippen LogP contribution is -2.58. The summed E-state index contributed by atoms with van der Waals surface area (Å²) in [5, 5.41) is 7.23. The van der Waals surface area contributed by atoms with Gasteiger partial charge in [-0.3, -0.25) is 0 Å². The van der Waals surface area contributed by atoms with Gasteiger partial charge in [-0.15, -0.1) is 0 Å². The van der Waals surface area contributed by atoms with Crippen molar-refractivity contribution in [2.45, 2.75) is 50.6 Å². The van der Waals surface area contributed by atoms with Gasteiger partial charge < -0.3 is 15.4 Å². The Balaban J connectivity index is 1.68. The molecule has 2 aliphatic rings. The van der Waals surface area contributed by atoms with Crippen LogP contribution < -0.4 is 15.4 Å². The number of nitrogens with one attached hydrogen (secondary N) is 2. The van der Waals surface area contributed by atoms with Crippen molar-refractivity contribution in [3.8, 4) is 5.88 Å². The average molecular weight is 262 g/mol. The summed E-state index contributed by atoms with van der Waals surface area (Å²) in [6.07, 6.45) is 6.33. The molecule has 2 N–H and O–H groups in total. The van der Waals surface area contributed by atoms with Crippen molar-refractivity contribution >= 4 is 5.82 Å². The standard InChI is InChI=1S/C14H22N4O/c1-10-16-12(8-13(17-10)19-2)18-11-4-7-15-14(9-11)5-3-6-14/h8,11,15H,3-7,9H2,1-2H3,(H,16,17,18). The first-order chi connectivity index (χ1) is 9.19. The molecular formula is C14H22N4O. The smallest absolute Gasteiger partial charge is 0.218 e. The molecule has 0 amide bonds. The van der Waals surface area contributed by atoms with E-state index in [4.69, 9.17) is 4.74 Å². The van der Waals surface area contributed by atoms with Crippen molar-refractivity contribution in [2.75, 3.05) is 19.0 Å². The molecule has 1 spiro atoms. The lowest BCUT2D eigenvalue weighted by atomic mass is 9.70. The van der Waals surface area contributed by atoms with E-state index in [0.29, 0.717) is 17.5 Å². The molecule has 0 radical (unpaired) electrons. The van der Waals surface area contributed by atoms with Gasteiger partial charge in [-0.25, -0.2) is 4.98 Å². The van der Waals surface area contributed by atoms with E-state index in [1.165, 1.54) is 25.7 Å². The number of piperidine rings is 1. The molecule has 1 aromatic rings. The van der Waals surface area contributed by atoms with E-state index in [9.17, 15) is 0 Å². The van der Waals surface area contributed by atoms with E-state index in [2.05, 4.69) is 20.6 Å². The summed E-state index contributed by atoms with van der Waals surface area (Å²) in [5.41, 5.74) is 0.405. The number of ether oxygens (including phenoxy) is 1. The minimum Gasteiger partial charge on any atom is -0.481 e. The van der Waals surface area contributed by atoms with Gasteiger partial charge in [0.15, 0.2) is 0 Å². The number of hydrogen-bond donors (Lipinski definition) is 2. The Morgan fingerprint density at radius 3 is 2.95 bits per heavy atom. The van der Waals surface area contributed by atoms with Gasteiger partial charge >= 0.3 is 0 Å². The van der Waals surface area contributed by atoms with Crippen LogP contribution >= 0.6 is 0 Å². The third-order valence-corrected chi connectivity index (χ3v) is 4.32. The number of nitrogens with zero attached hydrogens (tertiary/aromatic N) is 2. The normalized spacial score (nSPS) is 24.8. The number of hydrogen-bond acceptors (Lipinski definition) is 5. The highest BCUT2D eigenvalue weighted by Gasteiger charge is 2.40. The minimum atomic E-state index is 0.405. The molecular weight excluding hydrogens is 240 g/mol. The first kappa shape index (κ1) is 12.7. The average Bonchev–Trinajstić information content (AvgIpc) is 2.36. The van der Waals surface area contributed by atoms with Crippen molar-refractivity contribution in [1.29, 1.82) is 0 Å². The molecule has 1 unspecified atom stereocenters. The largest absolute Gasteiger partial charge is 0.481 e. The van der Waals surface area contributed by atoms with Crippen LogP contribution in [0.4, 0.5) is 5.82 Å². The Morgan fingerprint density at radius 2 is 2.26 bits per heavy atom. The number of anilines is 1. The van der Waals surface area contributed by atoms with Crippen LogP contribution in [0.2, 0.25) is 0 Å². The van der Waals surface area contributed by atoms with Crippen molar-refractivity contribution in [2.24, 2.45) is 0 Å². The summed E-state index contributed by atoms with van der Waals surface area (Å²) >= 11 is 0. The number of aromatic nitrogens is 2. The Hall–Kier alpha value is -1.36. The second kappa shape index (κ2) is 4.96. The SMILES string of the molecule is COc1cc(NC2CCNC3(CCC3)C2)nc(C)n1. The molecule has 104 valence electrons. The zero-order chi connectivity index (χ0) is 13.3. The van der Waals surface area contributed by atoms with Gasteiger partial charge in [0.25, 0.3) is 0 Å². The fourth-order valence-corrected chi connectivity index (χ4v) is 3.19. The lowest BCUT2D eigenvalue weighted by Gasteiger charge is -2.48. The lowest BCUT2D eigenvalue weighted by molar-refractivity contribution is 0.135. The van der Waals surface area contributed by atoms with E-state index in [1.807, 2.05) is 13.0 Å². The topological polar surface area (TPSA) is 59.1 Å². The summed E-state index contributed by atoms with van der Waals surface area (Å²) in [4.78, 5) is 8.66. The van der Waals surface area contributed by atoms with Gasteiger partial charge in [0, 0.05) is 17.6 Å². The highest BCUT2D eigenvalue weighted by molar-refractivity contribution is 5.39. The molecule has 1 saturated heterocycles. The predicted molar refractivity (Wildman–Crippen MR) is 74.6 cm³/mol. The Labute approximate surface area is 114 Å². The van der Waals surface area contributed by atoms with Crippen molar-refractivity contribution in [3.63, 3.8) is 0 Å². The first-order valence-electron chi connectivity index (χ1n) is 7.10. The molecule has 5 nitrogen and oxygen atoms in total. The zero-order valence-electron chi connectivity index (χ0n) is 11.7. The molecule has 1 aliphatic heterocycles. The van der Waals surface area contributed by atoms with Crippen molar-refractivity contribution < 1.29 is 4.74 Å². The zero-order valence-corrected chi connectivity index (χ0v) is 11.7. The second-order valence-electron chi connectivity index (χ2n) is 5.74. The summed E-state index contributed by atoms with van der Waals surface area (Å²) in [7, 11) is 1.64. The molecule has 0 bridgehead atoms. The summed E-state index contributed by atoms with van der Waals surface area (Å²) in [6, 6.07) is 2.38. The fourth-order valence-electron chi connectivity index (χ4n) is 3.19. The van der Waals surface area contributed by atoms with E-state index in [0.717, 1.165) is 24.6 Å². The molecule has 0 aromatic carbocycles. The summed E-state index contributed by atoms with van der Waals surface area (Å²) < 4.78 is 5.19.